The number of fused-ring (bicyclic) bond motifs is 7. The van der Waals surface area contributed by atoms with Crippen LogP contribution in [0, 0.1) is 0 Å². The third-order valence-electron chi connectivity index (χ3n) is 20.0. The highest BCUT2D eigenvalue weighted by molar-refractivity contribution is 7.00. The van der Waals surface area contributed by atoms with E-state index >= 15 is 0 Å². The summed E-state index contributed by atoms with van der Waals surface area (Å²) in [6.45, 7) is 40.7. The van der Waals surface area contributed by atoms with Gasteiger partial charge in [-0.3, -0.25) is 4.57 Å². The highest BCUT2D eigenvalue weighted by atomic mass is 15.2. The minimum absolute atomic E-state index is 0.00106. The Labute approximate surface area is 491 Å². The molecule has 0 unspecified atom stereocenters. The molecule has 9 aromatic rings. The van der Waals surface area contributed by atoms with E-state index in [-0.39, 0.29) is 44.6 Å². The lowest BCUT2D eigenvalue weighted by Crippen LogP contribution is -2.62. The maximum absolute atomic E-state index is 5.79. The Bertz CT molecular complexity index is 4020. The van der Waals surface area contributed by atoms with Crippen LogP contribution in [0.5, 0.6) is 0 Å². The second-order valence-electron chi connectivity index (χ2n) is 30.7. The molecule has 0 atom stereocenters. The highest BCUT2D eigenvalue weighted by Crippen LogP contribution is 2.54. The lowest BCUT2D eigenvalue weighted by Gasteiger charge is -2.48. The number of anilines is 6. The van der Waals surface area contributed by atoms with E-state index in [2.05, 4.69) is 290 Å². The zero-order chi connectivity index (χ0) is 58.0. The third-order valence-corrected chi connectivity index (χ3v) is 20.0. The van der Waals surface area contributed by atoms with Crippen LogP contribution in [-0.2, 0) is 37.9 Å². The summed E-state index contributed by atoms with van der Waals surface area (Å²) in [7, 11) is 0. The molecule has 3 heterocycles. The first-order chi connectivity index (χ1) is 38.5. The molecule has 2 aliphatic heterocycles. The van der Waals surface area contributed by atoms with Crippen molar-refractivity contribution in [3.63, 3.8) is 0 Å². The molecule has 4 nitrogen and oxygen atoms in total. The van der Waals surface area contributed by atoms with E-state index in [0.717, 1.165) is 53.1 Å². The summed E-state index contributed by atoms with van der Waals surface area (Å²) in [6, 6.07) is 61.6. The summed E-state index contributed by atoms with van der Waals surface area (Å²) < 4.78 is 2.41. The van der Waals surface area contributed by atoms with Crippen LogP contribution in [0.3, 0.4) is 0 Å². The van der Waals surface area contributed by atoms with Crippen molar-refractivity contribution in [3.05, 3.63) is 197 Å². The standard InChI is InChI=1S/C77H85BN4/c1-71(2,3)51-29-27-49(28-30-51)48-23-25-50(26-24-48)70-79-63-46-62-65(47-66(63)82(70)54-21-19-18-20-22-54)80(55-33-31-52(32-34-55)72(4,5)6)67-41-53(73(7,8)9)42-68-69(67)78(62)61-44-59-60(77(16,17)40-39-76(59,14)15)45-64(61)81(68)56-35-36-57-58(43-56)75(12,13)38-37-74(57,10)11/h18-36,41-47H,37-40H2,1-17H3. The van der Waals surface area contributed by atoms with Gasteiger partial charge in [0.1, 0.15) is 5.82 Å². The van der Waals surface area contributed by atoms with Crippen molar-refractivity contribution < 1.29 is 0 Å². The van der Waals surface area contributed by atoms with Crippen molar-refractivity contribution in [2.45, 2.75) is 181 Å². The quantitative estimate of drug-likeness (QED) is 0.161. The van der Waals surface area contributed by atoms with E-state index in [1.807, 2.05) is 0 Å². The molecule has 4 aliphatic rings. The van der Waals surface area contributed by atoms with Crippen molar-refractivity contribution in [2.75, 3.05) is 9.80 Å². The Kier molecular flexibility index (Phi) is 12.0. The van der Waals surface area contributed by atoms with Crippen LogP contribution in [0.2, 0.25) is 0 Å². The van der Waals surface area contributed by atoms with E-state index in [0.29, 0.717) is 0 Å². The smallest absolute Gasteiger partial charge is 0.252 e. The van der Waals surface area contributed by atoms with Crippen molar-refractivity contribution in [3.8, 4) is 28.2 Å². The number of imidazole rings is 1. The second-order valence-corrected chi connectivity index (χ2v) is 30.7. The Morgan fingerprint density at radius 3 is 1.37 bits per heavy atom. The fourth-order valence-corrected chi connectivity index (χ4v) is 14.4. The van der Waals surface area contributed by atoms with Gasteiger partial charge >= 0.3 is 0 Å². The molecule has 0 amide bonds. The molecule has 8 aromatic carbocycles. The zero-order valence-corrected chi connectivity index (χ0v) is 52.2. The normalized spacial score (nSPS) is 17.5. The average molecular weight is 1080 g/mol. The molecule has 0 spiro atoms. The summed E-state index contributed by atoms with van der Waals surface area (Å²) in [5.74, 6) is 0.930. The summed E-state index contributed by atoms with van der Waals surface area (Å²) in [6.07, 6.45) is 4.64. The predicted octanol–water partition coefficient (Wildman–Crippen LogP) is 19.0. The highest BCUT2D eigenvalue weighted by Gasteiger charge is 2.48. The Morgan fingerprint density at radius 1 is 0.378 bits per heavy atom. The van der Waals surface area contributed by atoms with Gasteiger partial charge in [0.05, 0.1) is 11.0 Å². The minimum Gasteiger partial charge on any atom is -0.311 e. The number of hydrogen-bond acceptors (Lipinski definition) is 3. The van der Waals surface area contributed by atoms with Crippen molar-refractivity contribution in [1.82, 2.24) is 9.55 Å². The third kappa shape index (κ3) is 8.72. The van der Waals surface area contributed by atoms with Gasteiger partial charge in [-0.15, -0.1) is 0 Å². The minimum atomic E-state index is -0.158. The number of aromatic nitrogens is 2. The van der Waals surface area contributed by atoms with Crippen LogP contribution in [-0.4, -0.2) is 16.3 Å². The first-order valence-electron chi connectivity index (χ1n) is 30.6. The average Bonchev–Trinajstić information content (AvgIpc) is 3.55. The van der Waals surface area contributed by atoms with Crippen LogP contribution in [0.4, 0.5) is 34.1 Å². The first kappa shape index (κ1) is 54.2. The lowest BCUT2D eigenvalue weighted by molar-refractivity contribution is 0.332. The maximum atomic E-state index is 5.79. The summed E-state index contributed by atoms with van der Waals surface area (Å²) in [5.41, 5.74) is 28.0. The molecular formula is C77H85BN4. The van der Waals surface area contributed by atoms with E-state index in [1.54, 1.807) is 0 Å². The van der Waals surface area contributed by atoms with Gasteiger partial charge in [-0.1, -0.05) is 209 Å². The fraction of sp³-hybridized carbons (Fsp3) is 0.364. The molecule has 0 saturated carbocycles. The van der Waals surface area contributed by atoms with Gasteiger partial charge in [0.2, 0.25) is 0 Å². The molecule has 1 aromatic heterocycles. The largest absolute Gasteiger partial charge is 0.311 e. The van der Waals surface area contributed by atoms with E-state index in [4.69, 9.17) is 4.98 Å². The van der Waals surface area contributed by atoms with Crippen LogP contribution in [0.25, 0.3) is 39.2 Å². The molecule has 0 fully saturated rings. The van der Waals surface area contributed by atoms with Gasteiger partial charge in [-0.25, -0.2) is 4.98 Å². The SMILES string of the molecule is CC(C)(C)c1ccc(-c2ccc(-c3nc4cc5c(cc4n3-c3ccccc3)N(c3ccc(C(C)(C)C)cc3)c3cc(C(C)(C)C)cc4c3B5c3cc5c(cc3N4c3ccc4c(c3)C(C)(C)CCC4(C)C)C(C)(C)CCC5(C)C)cc2)cc1. The van der Waals surface area contributed by atoms with E-state index in [9.17, 15) is 0 Å². The molecule has 0 N–H and O–H groups in total. The number of nitrogens with zero attached hydrogens (tertiary/aromatic N) is 4. The number of para-hydroxylation sites is 1. The van der Waals surface area contributed by atoms with Crippen LogP contribution < -0.4 is 26.2 Å². The molecule has 2 aliphatic carbocycles. The molecule has 13 rings (SSSR count). The van der Waals surface area contributed by atoms with Gasteiger partial charge in [0.15, 0.2) is 0 Å². The lowest BCUT2D eigenvalue weighted by atomic mass is 9.33. The molecule has 0 radical (unpaired) electrons. The van der Waals surface area contributed by atoms with Gasteiger partial charge in [-0.2, -0.15) is 0 Å². The van der Waals surface area contributed by atoms with Crippen molar-refractivity contribution >= 4 is 68.3 Å². The molecule has 0 bridgehead atoms. The first-order valence-corrected chi connectivity index (χ1v) is 30.6. The molecular weight excluding hydrogens is 992 g/mol. The summed E-state index contributed by atoms with van der Waals surface area (Å²) in [5, 5.41) is 0. The van der Waals surface area contributed by atoms with Crippen LogP contribution >= 0.6 is 0 Å². The molecule has 82 heavy (non-hydrogen) atoms. The molecule has 416 valence electrons. The zero-order valence-electron chi connectivity index (χ0n) is 52.2. The van der Waals surface area contributed by atoms with Crippen molar-refractivity contribution in [1.29, 1.82) is 0 Å². The van der Waals surface area contributed by atoms with E-state index < -0.39 is 0 Å². The van der Waals surface area contributed by atoms with Gasteiger partial charge in [0.25, 0.3) is 6.71 Å². The number of rotatable bonds is 5. The molecule has 0 saturated heterocycles. The molecule has 5 heteroatoms. The van der Waals surface area contributed by atoms with Gasteiger partial charge in [0, 0.05) is 45.4 Å². The Hall–Kier alpha value is -7.11. The number of benzene rings is 8. The van der Waals surface area contributed by atoms with Crippen LogP contribution in [0.1, 0.15) is 182 Å². The van der Waals surface area contributed by atoms with E-state index in [1.165, 1.54) is 101 Å². The summed E-state index contributed by atoms with van der Waals surface area (Å²) >= 11 is 0. The number of hydrogen-bond donors (Lipinski definition) is 0. The summed E-state index contributed by atoms with van der Waals surface area (Å²) in [4.78, 5) is 11.1. The monoisotopic (exact) mass is 1080 g/mol. The maximum Gasteiger partial charge on any atom is 0.252 e. The second kappa shape index (κ2) is 18.2. The van der Waals surface area contributed by atoms with Crippen molar-refractivity contribution in [2.24, 2.45) is 0 Å². The topological polar surface area (TPSA) is 24.3 Å². The van der Waals surface area contributed by atoms with Gasteiger partial charge < -0.3 is 9.80 Å². The Balaban J connectivity index is 1.12. The van der Waals surface area contributed by atoms with Gasteiger partial charge in [-0.05, 0) is 197 Å². The fourth-order valence-electron chi connectivity index (χ4n) is 14.4. The Morgan fingerprint density at radius 2 is 0.817 bits per heavy atom. The van der Waals surface area contributed by atoms with Crippen LogP contribution in [0.15, 0.2) is 158 Å². The predicted molar refractivity (Wildman–Crippen MR) is 353 cm³/mol.